The molecule has 0 fully saturated rings. The predicted octanol–water partition coefficient (Wildman–Crippen LogP) is 7.83. The number of rotatable bonds is 14. The van der Waals surface area contributed by atoms with Crippen molar-refractivity contribution in [2.24, 2.45) is 5.92 Å². The Morgan fingerprint density at radius 2 is 1.27 bits per heavy atom. The Bertz CT molecular complexity index is 1230. The minimum absolute atomic E-state index is 0.234. The van der Waals surface area contributed by atoms with Gasteiger partial charge in [-0.05, 0) is 78.8 Å². The third kappa shape index (κ3) is 9.37. The van der Waals surface area contributed by atoms with Crippen LogP contribution in [0.5, 0.6) is 5.75 Å². The predicted molar refractivity (Wildman–Crippen MR) is 156 cm³/mol. The maximum Gasteiger partial charge on any atom is 0.347 e. The van der Waals surface area contributed by atoms with Gasteiger partial charge in [-0.1, -0.05) is 82.9 Å². The first-order valence-corrected chi connectivity index (χ1v) is 14.2. The molecular weight excluding hydrogens is 504 g/mol. The quantitative estimate of drug-likeness (QED) is 0.117. The summed E-state index contributed by atoms with van der Waals surface area (Å²) in [5.74, 6) is -1.21. The van der Waals surface area contributed by atoms with Crippen molar-refractivity contribution in [3.63, 3.8) is 0 Å². The molecule has 0 bridgehead atoms. The van der Waals surface area contributed by atoms with Gasteiger partial charge in [-0.2, -0.15) is 0 Å². The van der Waals surface area contributed by atoms with Gasteiger partial charge in [0.2, 0.25) is 0 Å². The zero-order valence-electron chi connectivity index (χ0n) is 24.0. The Labute approximate surface area is 237 Å². The molecule has 40 heavy (non-hydrogen) atoms. The number of hydrogen-bond acceptors (Lipinski definition) is 6. The van der Waals surface area contributed by atoms with Gasteiger partial charge in [0.1, 0.15) is 5.75 Å². The van der Waals surface area contributed by atoms with E-state index in [1.54, 1.807) is 12.1 Å². The number of hydrogen-bond donors (Lipinski definition) is 0. The fourth-order valence-corrected chi connectivity index (χ4v) is 3.98. The van der Waals surface area contributed by atoms with E-state index in [2.05, 4.69) is 31.2 Å². The van der Waals surface area contributed by atoms with Gasteiger partial charge < -0.3 is 14.2 Å². The van der Waals surface area contributed by atoms with Crippen LogP contribution < -0.4 is 4.74 Å². The van der Waals surface area contributed by atoms with Crippen LogP contribution in [0.3, 0.4) is 0 Å². The Hall–Kier alpha value is -3.93. The van der Waals surface area contributed by atoms with Crippen LogP contribution in [0.2, 0.25) is 0 Å². The molecule has 6 heteroatoms. The number of ether oxygens (including phenoxy) is 3. The molecular formula is C34H40O6. The van der Waals surface area contributed by atoms with E-state index < -0.39 is 24.0 Å². The number of esters is 3. The lowest BCUT2D eigenvalue weighted by Gasteiger charge is -2.15. The molecule has 0 saturated heterocycles. The van der Waals surface area contributed by atoms with Gasteiger partial charge in [-0.15, -0.1) is 0 Å². The summed E-state index contributed by atoms with van der Waals surface area (Å²) in [7, 11) is 0. The molecule has 0 heterocycles. The van der Waals surface area contributed by atoms with E-state index in [1.807, 2.05) is 26.0 Å². The highest BCUT2D eigenvalue weighted by Crippen LogP contribution is 2.22. The molecule has 0 unspecified atom stereocenters. The van der Waals surface area contributed by atoms with E-state index in [0.717, 1.165) is 24.0 Å². The second-order valence-electron chi connectivity index (χ2n) is 10.2. The van der Waals surface area contributed by atoms with E-state index in [9.17, 15) is 14.4 Å². The van der Waals surface area contributed by atoms with E-state index in [1.165, 1.54) is 62.4 Å². The highest BCUT2D eigenvalue weighted by Gasteiger charge is 2.21. The summed E-state index contributed by atoms with van der Waals surface area (Å²) in [6.45, 7) is 7.96. The van der Waals surface area contributed by atoms with Gasteiger partial charge in [0.15, 0.2) is 6.10 Å². The van der Waals surface area contributed by atoms with Crippen molar-refractivity contribution in [2.75, 3.05) is 6.61 Å². The van der Waals surface area contributed by atoms with Gasteiger partial charge in [-0.3, -0.25) is 0 Å². The fraction of sp³-hybridized carbons (Fsp3) is 0.382. The minimum atomic E-state index is -1.02. The molecule has 3 aromatic rings. The number of carbonyl (C=O) groups excluding carboxylic acids is 3. The molecule has 0 aliphatic rings. The lowest BCUT2D eigenvalue weighted by Crippen LogP contribution is -2.27. The monoisotopic (exact) mass is 544 g/mol. The topological polar surface area (TPSA) is 78.9 Å². The van der Waals surface area contributed by atoms with Crippen LogP contribution in [0, 0.1) is 5.92 Å². The number of unbranched alkanes of at least 4 members (excludes halogenated alkanes) is 3. The first-order chi connectivity index (χ1) is 19.3. The van der Waals surface area contributed by atoms with E-state index in [0.29, 0.717) is 11.3 Å². The molecule has 0 saturated carbocycles. The maximum atomic E-state index is 12.7. The first-order valence-electron chi connectivity index (χ1n) is 14.2. The molecule has 2 atom stereocenters. The fourth-order valence-electron chi connectivity index (χ4n) is 3.98. The van der Waals surface area contributed by atoms with Crippen molar-refractivity contribution < 1.29 is 28.6 Å². The summed E-state index contributed by atoms with van der Waals surface area (Å²) >= 11 is 0. The molecule has 0 amide bonds. The lowest BCUT2D eigenvalue weighted by atomic mass is 10.0. The molecule has 0 aliphatic heterocycles. The van der Waals surface area contributed by atoms with Crippen molar-refractivity contribution in [3.8, 4) is 16.9 Å². The average molecular weight is 545 g/mol. The highest BCUT2D eigenvalue weighted by molar-refractivity contribution is 5.93. The normalized spacial score (nSPS) is 12.3. The largest absolute Gasteiger partial charge is 0.463 e. The molecule has 6 nitrogen and oxygen atoms in total. The van der Waals surface area contributed by atoms with Crippen LogP contribution in [0.25, 0.3) is 11.1 Å². The van der Waals surface area contributed by atoms with Gasteiger partial charge in [0.25, 0.3) is 0 Å². The highest BCUT2D eigenvalue weighted by atomic mass is 16.6. The Morgan fingerprint density at radius 3 is 1.88 bits per heavy atom. The molecule has 0 aromatic heterocycles. The maximum absolute atomic E-state index is 12.7. The van der Waals surface area contributed by atoms with Gasteiger partial charge >= 0.3 is 17.9 Å². The summed E-state index contributed by atoms with van der Waals surface area (Å²) in [5.41, 5.74) is 4.11. The average Bonchev–Trinajstić information content (AvgIpc) is 2.98. The van der Waals surface area contributed by atoms with Crippen molar-refractivity contribution >= 4 is 17.9 Å². The summed E-state index contributed by atoms with van der Waals surface area (Å²) in [6.07, 6.45) is 5.96. The molecule has 0 aliphatic carbocycles. The smallest absolute Gasteiger partial charge is 0.347 e. The van der Waals surface area contributed by atoms with Gasteiger partial charge in [0.05, 0.1) is 17.7 Å². The Morgan fingerprint density at radius 1 is 0.700 bits per heavy atom. The molecule has 3 rings (SSSR count). The first kappa shape index (κ1) is 30.6. The van der Waals surface area contributed by atoms with Crippen molar-refractivity contribution in [1.82, 2.24) is 0 Å². The second-order valence-corrected chi connectivity index (χ2v) is 10.2. The molecule has 0 N–H and O–H groups in total. The van der Waals surface area contributed by atoms with E-state index in [4.69, 9.17) is 14.2 Å². The van der Waals surface area contributed by atoms with Crippen LogP contribution in [-0.4, -0.2) is 30.6 Å². The minimum Gasteiger partial charge on any atom is -0.463 e. The zero-order valence-corrected chi connectivity index (χ0v) is 24.0. The third-order valence-electron chi connectivity index (χ3n) is 6.85. The van der Waals surface area contributed by atoms with Gasteiger partial charge in [0, 0.05) is 0 Å². The zero-order chi connectivity index (χ0) is 28.9. The summed E-state index contributed by atoms with van der Waals surface area (Å²) in [4.78, 5) is 37.1. The third-order valence-corrected chi connectivity index (χ3v) is 6.85. The Balaban J connectivity index is 1.51. The van der Waals surface area contributed by atoms with Gasteiger partial charge in [-0.25, -0.2) is 14.4 Å². The van der Waals surface area contributed by atoms with Crippen molar-refractivity contribution in [2.45, 2.75) is 72.3 Å². The molecule has 212 valence electrons. The van der Waals surface area contributed by atoms with Crippen LogP contribution in [-0.2, 0) is 20.7 Å². The van der Waals surface area contributed by atoms with Crippen LogP contribution in [0.1, 0.15) is 86.1 Å². The van der Waals surface area contributed by atoms with Crippen molar-refractivity contribution in [3.05, 3.63) is 89.5 Å². The van der Waals surface area contributed by atoms with Crippen molar-refractivity contribution in [1.29, 1.82) is 0 Å². The second kappa shape index (κ2) is 15.6. The lowest BCUT2D eigenvalue weighted by molar-refractivity contribution is -0.154. The Kier molecular flexibility index (Phi) is 11.9. The molecule has 0 radical (unpaired) electrons. The van der Waals surface area contributed by atoms with E-state index in [-0.39, 0.29) is 18.1 Å². The molecule has 3 aromatic carbocycles. The summed E-state index contributed by atoms with van der Waals surface area (Å²) < 4.78 is 15.9. The SMILES string of the molecule is CCCCCCc1ccc(-c2ccc(C(=O)Oc3ccc(C(=O)O[C@@H](C)C(=O)OC[C@@H](C)CC)cc3)cc2)cc1. The number of benzene rings is 3. The number of aryl methyl sites for hydroxylation is 1. The van der Waals surface area contributed by atoms with Crippen LogP contribution in [0.4, 0.5) is 0 Å². The van der Waals surface area contributed by atoms with Crippen LogP contribution >= 0.6 is 0 Å². The van der Waals surface area contributed by atoms with E-state index >= 15 is 0 Å². The molecule has 0 spiro atoms. The number of carbonyl (C=O) groups is 3. The summed E-state index contributed by atoms with van der Waals surface area (Å²) in [5, 5.41) is 0. The summed E-state index contributed by atoms with van der Waals surface area (Å²) in [6, 6.07) is 21.9. The standard InChI is InChI=1S/C34H40O6/c1-5-7-8-9-10-26-11-13-27(14-12-26)28-15-17-29(18-16-28)34(37)40-31-21-19-30(20-22-31)33(36)39-25(4)32(35)38-23-24(3)6-2/h11-22,24-25H,5-10,23H2,1-4H3/t24-,25-/m0/s1. The van der Waals surface area contributed by atoms with Crippen LogP contribution in [0.15, 0.2) is 72.8 Å².